The van der Waals surface area contributed by atoms with Gasteiger partial charge in [0.05, 0.1) is 7.11 Å². The van der Waals surface area contributed by atoms with Gasteiger partial charge in [0.25, 0.3) is 0 Å². The van der Waals surface area contributed by atoms with Crippen LogP contribution in [-0.4, -0.2) is 18.1 Å². The predicted molar refractivity (Wildman–Crippen MR) is 124 cm³/mol. The van der Waals surface area contributed by atoms with Crippen molar-refractivity contribution in [1.82, 2.24) is 5.32 Å². The van der Waals surface area contributed by atoms with E-state index >= 15 is 0 Å². The second-order valence-electron chi connectivity index (χ2n) is 6.35. The quantitative estimate of drug-likeness (QED) is 0.426. The van der Waals surface area contributed by atoms with Crippen molar-refractivity contribution in [2.24, 2.45) is 0 Å². The van der Waals surface area contributed by atoms with Crippen LogP contribution in [0.5, 0.6) is 11.5 Å². The number of carbonyl (C=O) groups excluding carboxylic acids is 1. The van der Waals surface area contributed by atoms with Gasteiger partial charge in [0.2, 0.25) is 5.91 Å². The van der Waals surface area contributed by atoms with Gasteiger partial charge in [-0.25, -0.2) is 0 Å². The largest absolute Gasteiger partial charge is 0.497 e. The van der Waals surface area contributed by atoms with Gasteiger partial charge >= 0.3 is 0 Å². The zero-order valence-corrected chi connectivity index (χ0v) is 17.3. The van der Waals surface area contributed by atoms with Crippen molar-refractivity contribution < 1.29 is 14.3 Å². The molecule has 0 aliphatic carbocycles. The molecule has 30 heavy (non-hydrogen) atoms. The topological polar surface area (TPSA) is 59.6 Å². The molecule has 0 bridgehead atoms. The van der Waals surface area contributed by atoms with E-state index in [1.807, 2.05) is 78.9 Å². The van der Waals surface area contributed by atoms with E-state index in [4.69, 9.17) is 21.7 Å². The Hall–Kier alpha value is -3.64. The number of thiocarbonyl (C=S) groups is 1. The van der Waals surface area contributed by atoms with Crippen LogP contribution in [0.1, 0.15) is 11.1 Å². The van der Waals surface area contributed by atoms with Crippen LogP contribution in [0.4, 0.5) is 5.69 Å². The summed E-state index contributed by atoms with van der Waals surface area (Å²) in [5.41, 5.74) is 2.74. The van der Waals surface area contributed by atoms with Crippen LogP contribution in [0, 0.1) is 0 Å². The molecule has 0 unspecified atom stereocenters. The Morgan fingerprint density at radius 2 is 1.60 bits per heavy atom. The molecule has 3 aromatic carbocycles. The fourth-order valence-electron chi connectivity index (χ4n) is 2.58. The van der Waals surface area contributed by atoms with Crippen LogP contribution < -0.4 is 20.1 Å². The number of anilines is 1. The molecule has 0 aliphatic rings. The molecule has 3 rings (SSSR count). The van der Waals surface area contributed by atoms with E-state index in [1.54, 1.807) is 13.2 Å². The second kappa shape index (κ2) is 10.8. The highest BCUT2D eigenvalue weighted by atomic mass is 32.1. The van der Waals surface area contributed by atoms with Crippen LogP contribution in [0.15, 0.2) is 84.9 Å². The minimum Gasteiger partial charge on any atom is -0.497 e. The van der Waals surface area contributed by atoms with E-state index in [-0.39, 0.29) is 11.0 Å². The first kappa shape index (κ1) is 21.1. The SMILES string of the molecule is COc1ccc(C=CC(=O)NC(=S)Nc2ccc(OCc3ccccc3)cc2)cc1. The third-order valence-electron chi connectivity index (χ3n) is 4.14. The van der Waals surface area contributed by atoms with Crippen molar-refractivity contribution in [2.45, 2.75) is 6.61 Å². The van der Waals surface area contributed by atoms with Crippen LogP contribution in [0.2, 0.25) is 0 Å². The minimum absolute atomic E-state index is 0.220. The molecule has 6 heteroatoms. The lowest BCUT2D eigenvalue weighted by molar-refractivity contribution is -0.115. The molecular weight excluding hydrogens is 396 g/mol. The lowest BCUT2D eigenvalue weighted by atomic mass is 10.2. The van der Waals surface area contributed by atoms with Gasteiger partial charge in [0, 0.05) is 11.8 Å². The lowest BCUT2D eigenvalue weighted by Crippen LogP contribution is -2.32. The summed E-state index contributed by atoms with van der Waals surface area (Å²) in [5, 5.41) is 5.82. The van der Waals surface area contributed by atoms with E-state index in [2.05, 4.69) is 10.6 Å². The molecule has 0 heterocycles. The molecule has 3 aromatic rings. The highest BCUT2D eigenvalue weighted by Crippen LogP contribution is 2.17. The average molecular weight is 419 g/mol. The zero-order valence-electron chi connectivity index (χ0n) is 16.5. The van der Waals surface area contributed by atoms with Gasteiger partial charge in [0.1, 0.15) is 18.1 Å². The summed E-state index contributed by atoms with van der Waals surface area (Å²) in [6, 6.07) is 24.7. The number of amides is 1. The Bertz CT molecular complexity index is 1000. The molecule has 0 atom stereocenters. The second-order valence-corrected chi connectivity index (χ2v) is 6.76. The predicted octanol–water partition coefficient (Wildman–Crippen LogP) is 4.80. The Balaban J connectivity index is 1.45. The first-order valence-corrected chi connectivity index (χ1v) is 9.74. The average Bonchev–Trinajstić information content (AvgIpc) is 2.78. The smallest absolute Gasteiger partial charge is 0.250 e. The zero-order chi connectivity index (χ0) is 21.2. The molecule has 0 fully saturated rings. The summed E-state index contributed by atoms with van der Waals surface area (Å²) < 4.78 is 10.9. The maximum absolute atomic E-state index is 12.0. The Kier molecular flexibility index (Phi) is 7.58. The van der Waals surface area contributed by atoms with E-state index in [0.29, 0.717) is 6.61 Å². The van der Waals surface area contributed by atoms with Gasteiger partial charge in [-0.3, -0.25) is 10.1 Å². The van der Waals surface area contributed by atoms with Gasteiger partial charge < -0.3 is 14.8 Å². The van der Waals surface area contributed by atoms with Crippen LogP contribution in [-0.2, 0) is 11.4 Å². The molecular formula is C24H22N2O3S. The number of nitrogens with one attached hydrogen (secondary N) is 2. The van der Waals surface area contributed by atoms with Crippen LogP contribution in [0.3, 0.4) is 0 Å². The minimum atomic E-state index is -0.314. The van der Waals surface area contributed by atoms with Crippen molar-refractivity contribution in [3.05, 3.63) is 96.1 Å². The van der Waals surface area contributed by atoms with E-state index < -0.39 is 0 Å². The Labute approximate surface area is 181 Å². The molecule has 0 radical (unpaired) electrons. The molecule has 2 N–H and O–H groups in total. The molecule has 1 amide bonds. The summed E-state index contributed by atoms with van der Waals surface area (Å²) in [5.74, 6) is 1.20. The summed E-state index contributed by atoms with van der Waals surface area (Å²) in [6.45, 7) is 0.503. The first-order chi connectivity index (χ1) is 14.6. The highest BCUT2D eigenvalue weighted by Gasteiger charge is 2.03. The first-order valence-electron chi connectivity index (χ1n) is 9.33. The summed E-state index contributed by atoms with van der Waals surface area (Å²) >= 11 is 5.20. The maximum Gasteiger partial charge on any atom is 0.250 e. The molecule has 0 saturated carbocycles. The molecule has 5 nitrogen and oxygen atoms in total. The summed E-state index contributed by atoms with van der Waals surface area (Å²) in [4.78, 5) is 12.0. The van der Waals surface area contributed by atoms with Crippen LogP contribution in [0.25, 0.3) is 6.08 Å². The standard InChI is InChI=1S/C24H22N2O3S/c1-28-21-12-7-18(8-13-21)9-16-23(27)26-24(30)25-20-10-14-22(15-11-20)29-17-19-5-3-2-4-6-19/h2-16H,17H2,1H3,(H2,25,26,27,30). The summed E-state index contributed by atoms with van der Waals surface area (Å²) in [6.07, 6.45) is 3.13. The third kappa shape index (κ3) is 6.76. The van der Waals surface area contributed by atoms with Crippen LogP contribution >= 0.6 is 12.2 Å². The van der Waals surface area contributed by atoms with Crippen molar-refractivity contribution in [3.8, 4) is 11.5 Å². The molecule has 152 valence electrons. The van der Waals surface area contributed by atoms with Crippen molar-refractivity contribution in [3.63, 3.8) is 0 Å². The van der Waals surface area contributed by atoms with Crippen molar-refractivity contribution in [2.75, 3.05) is 12.4 Å². The monoisotopic (exact) mass is 418 g/mol. The molecule has 0 spiro atoms. The number of hydrogen-bond donors (Lipinski definition) is 2. The van der Waals surface area contributed by atoms with Crippen molar-refractivity contribution >= 4 is 35.0 Å². The van der Waals surface area contributed by atoms with E-state index in [1.165, 1.54) is 6.08 Å². The van der Waals surface area contributed by atoms with E-state index in [9.17, 15) is 4.79 Å². The number of ether oxygens (including phenoxy) is 2. The van der Waals surface area contributed by atoms with Crippen molar-refractivity contribution in [1.29, 1.82) is 0 Å². The molecule has 0 aliphatic heterocycles. The third-order valence-corrected chi connectivity index (χ3v) is 4.34. The van der Waals surface area contributed by atoms with Gasteiger partial charge in [-0.2, -0.15) is 0 Å². The number of rotatable bonds is 7. The van der Waals surface area contributed by atoms with Gasteiger partial charge in [-0.1, -0.05) is 42.5 Å². The molecule has 0 saturated heterocycles. The number of methoxy groups -OCH3 is 1. The normalized spacial score (nSPS) is 10.4. The number of hydrogen-bond acceptors (Lipinski definition) is 4. The van der Waals surface area contributed by atoms with Gasteiger partial charge in [-0.15, -0.1) is 0 Å². The highest BCUT2D eigenvalue weighted by molar-refractivity contribution is 7.80. The number of carbonyl (C=O) groups is 1. The Morgan fingerprint density at radius 3 is 2.27 bits per heavy atom. The van der Waals surface area contributed by atoms with E-state index in [0.717, 1.165) is 28.3 Å². The van der Waals surface area contributed by atoms with Gasteiger partial charge in [0.15, 0.2) is 5.11 Å². The van der Waals surface area contributed by atoms with Gasteiger partial charge in [-0.05, 0) is 65.8 Å². The fraction of sp³-hybridized carbons (Fsp3) is 0.0833. The number of benzene rings is 3. The Morgan fingerprint density at radius 1 is 0.933 bits per heavy atom. The molecule has 0 aromatic heterocycles. The lowest BCUT2D eigenvalue weighted by Gasteiger charge is -2.10. The fourth-order valence-corrected chi connectivity index (χ4v) is 2.80. The maximum atomic E-state index is 12.0. The summed E-state index contributed by atoms with van der Waals surface area (Å²) in [7, 11) is 1.61.